The third-order valence-corrected chi connectivity index (χ3v) is 2.81. The number of hydrogen-bond acceptors (Lipinski definition) is 3. The average Bonchev–Trinajstić information content (AvgIpc) is 2.19. The number of halogens is 2. The van der Waals surface area contributed by atoms with Crippen molar-refractivity contribution in [3.05, 3.63) is 21.6 Å². The molecule has 1 aromatic rings. The molecule has 0 saturated heterocycles. The van der Waals surface area contributed by atoms with E-state index in [2.05, 4.69) is 21.2 Å². The Bertz CT molecular complexity index is 457. The van der Waals surface area contributed by atoms with E-state index < -0.39 is 11.7 Å². The van der Waals surface area contributed by atoms with Gasteiger partial charge in [-0.25, -0.2) is 4.79 Å². The van der Waals surface area contributed by atoms with Crippen molar-refractivity contribution in [2.45, 2.75) is 26.4 Å². The van der Waals surface area contributed by atoms with Gasteiger partial charge in [-0.2, -0.15) is 0 Å². The summed E-state index contributed by atoms with van der Waals surface area (Å²) in [6, 6.07) is 3.27. The van der Waals surface area contributed by atoms with Crippen LogP contribution in [-0.4, -0.2) is 18.8 Å². The Morgan fingerprint density at radius 2 is 2.00 bits per heavy atom. The van der Waals surface area contributed by atoms with Gasteiger partial charge in [0.1, 0.15) is 11.4 Å². The Labute approximate surface area is 120 Å². The van der Waals surface area contributed by atoms with Crippen molar-refractivity contribution in [2.24, 2.45) is 0 Å². The van der Waals surface area contributed by atoms with Crippen molar-refractivity contribution in [3.8, 4) is 5.75 Å². The van der Waals surface area contributed by atoms with Crippen molar-refractivity contribution >= 4 is 39.3 Å². The van der Waals surface area contributed by atoms with E-state index in [4.69, 9.17) is 21.1 Å². The number of methoxy groups -OCH3 is 1. The van der Waals surface area contributed by atoms with E-state index >= 15 is 0 Å². The molecule has 0 aliphatic heterocycles. The predicted octanol–water partition coefficient (Wildman–Crippen LogP) is 4.46. The van der Waals surface area contributed by atoms with Gasteiger partial charge in [0.2, 0.25) is 0 Å². The number of amides is 1. The summed E-state index contributed by atoms with van der Waals surface area (Å²) in [5, 5.41) is 2.97. The van der Waals surface area contributed by atoms with Gasteiger partial charge < -0.3 is 9.47 Å². The lowest BCUT2D eigenvalue weighted by Gasteiger charge is -2.20. The van der Waals surface area contributed by atoms with Gasteiger partial charge in [-0.15, -0.1) is 0 Å². The summed E-state index contributed by atoms with van der Waals surface area (Å²) in [4.78, 5) is 11.6. The van der Waals surface area contributed by atoms with Crippen molar-refractivity contribution < 1.29 is 14.3 Å². The summed E-state index contributed by atoms with van der Waals surface area (Å²) >= 11 is 9.32. The molecule has 1 aromatic carbocycles. The number of rotatable bonds is 2. The molecule has 0 radical (unpaired) electrons. The second-order valence-electron chi connectivity index (χ2n) is 4.59. The Morgan fingerprint density at radius 3 is 2.50 bits per heavy atom. The maximum Gasteiger partial charge on any atom is 0.412 e. The lowest BCUT2D eigenvalue weighted by atomic mass is 10.2. The van der Waals surface area contributed by atoms with Crippen LogP contribution in [-0.2, 0) is 4.74 Å². The first kappa shape index (κ1) is 15.1. The molecular formula is C12H15BrClNO3. The lowest BCUT2D eigenvalue weighted by molar-refractivity contribution is 0.0636. The van der Waals surface area contributed by atoms with Gasteiger partial charge in [0.05, 0.1) is 22.3 Å². The van der Waals surface area contributed by atoms with E-state index in [-0.39, 0.29) is 0 Å². The van der Waals surface area contributed by atoms with Crippen molar-refractivity contribution in [1.29, 1.82) is 0 Å². The minimum absolute atomic E-state index is 0.397. The zero-order valence-corrected chi connectivity index (χ0v) is 13.0. The number of carbonyl (C=O) groups excluding carboxylic acids is 1. The molecule has 0 atom stereocenters. The highest BCUT2D eigenvalue weighted by molar-refractivity contribution is 9.10. The summed E-state index contributed by atoms with van der Waals surface area (Å²) < 4.78 is 11.0. The Balaban J connectivity index is 2.88. The molecule has 0 aliphatic rings. The van der Waals surface area contributed by atoms with Gasteiger partial charge in [0.15, 0.2) is 0 Å². The number of hydrogen-bond donors (Lipinski definition) is 1. The highest BCUT2D eigenvalue weighted by Crippen LogP contribution is 2.34. The number of nitrogens with one attached hydrogen (secondary N) is 1. The number of ether oxygens (including phenoxy) is 2. The summed E-state index contributed by atoms with van der Waals surface area (Å²) in [5.41, 5.74) is -0.123. The predicted molar refractivity (Wildman–Crippen MR) is 75.6 cm³/mol. The van der Waals surface area contributed by atoms with Crippen LogP contribution in [0.4, 0.5) is 10.5 Å². The first-order valence-electron chi connectivity index (χ1n) is 5.26. The van der Waals surface area contributed by atoms with Gasteiger partial charge in [0, 0.05) is 6.07 Å². The quantitative estimate of drug-likeness (QED) is 0.867. The zero-order chi connectivity index (χ0) is 13.9. The van der Waals surface area contributed by atoms with Crippen LogP contribution in [0.15, 0.2) is 16.6 Å². The van der Waals surface area contributed by atoms with Crippen LogP contribution in [0.1, 0.15) is 20.8 Å². The van der Waals surface area contributed by atoms with E-state index in [1.54, 1.807) is 32.9 Å². The standard InChI is InChI=1S/C12H15BrClNO3/c1-12(2,3)18-11(16)15-9-6-10(17-4)7(13)5-8(9)14/h5-6H,1-4H3,(H,15,16). The normalized spacial score (nSPS) is 11.0. The number of anilines is 1. The fourth-order valence-corrected chi connectivity index (χ4v) is 2.04. The van der Waals surface area contributed by atoms with Crippen LogP contribution in [0.25, 0.3) is 0 Å². The second kappa shape index (κ2) is 5.80. The van der Waals surface area contributed by atoms with E-state index in [0.717, 1.165) is 0 Å². The average molecular weight is 337 g/mol. The van der Waals surface area contributed by atoms with Crippen LogP contribution in [0, 0.1) is 0 Å². The van der Waals surface area contributed by atoms with Crippen LogP contribution in [0.3, 0.4) is 0 Å². The van der Waals surface area contributed by atoms with Crippen molar-refractivity contribution in [1.82, 2.24) is 0 Å². The molecule has 1 rings (SSSR count). The molecule has 100 valence electrons. The third-order valence-electron chi connectivity index (χ3n) is 1.88. The Morgan fingerprint density at radius 1 is 1.39 bits per heavy atom. The Hall–Kier alpha value is -0.940. The van der Waals surface area contributed by atoms with E-state index in [1.165, 1.54) is 7.11 Å². The second-order valence-corrected chi connectivity index (χ2v) is 5.86. The summed E-state index contributed by atoms with van der Waals surface area (Å²) in [6.07, 6.45) is -0.561. The third kappa shape index (κ3) is 4.38. The molecule has 0 aliphatic carbocycles. The molecule has 0 bridgehead atoms. The molecular weight excluding hydrogens is 321 g/mol. The lowest BCUT2D eigenvalue weighted by Crippen LogP contribution is -2.27. The van der Waals surface area contributed by atoms with Gasteiger partial charge in [0.25, 0.3) is 0 Å². The molecule has 0 unspecified atom stereocenters. The molecule has 0 heterocycles. The first-order chi connectivity index (χ1) is 8.23. The first-order valence-corrected chi connectivity index (χ1v) is 6.43. The molecule has 0 spiro atoms. The topological polar surface area (TPSA) is 47.6 Å². The van der Waals surface area contributed by atoms with Crippen LogP contribution in [0.2, 0.25) is 5.02 Å². The van der Waals surface area contributed by atoms with E-state index in [0.29, 0.717) is 20.9 Å². The summed E-state index contributed by atoms with van der Waals surface area (Å²) in [5.74, 6) is 0.574. The summed E-state index contributed by atoms with van der Waals surface area (Å²) in [6.45, 7) is 5.36. The van der Waals surface area contributed by atoms with Crippen molar-refractivity contribution in [3.63, 3.8) is 0 Å². The monoisotopic (exact) mass is 335 g/mol. The molecule has 18 heavy (non-hydrogen) atoms. The molecule has 1 amide bonds. The van der Waals surface area contributed by atoms with Crippen molar-refractivity contribution in [2.75, 3.05) is 12.4 Å². The fourth-order valence-electron chi connectivity index (χ4n) is 1.19. The van der Waals surface area contributed by atoms with Crippen LogP contribution < -0.4 is 10.1 Å². The van der Waals surface area contributed by atoms with Gasteiger partial charge in [-0.05, 0) is 42.8 Å². The zero-order valence-electron chi connectivity index (χ0n) is 10.6. The van der Waals surface area contributed by atoms with E-state index in [9.17, 15) is 4.79 Å². The molecule has 0 aromatic heterocycles. The van der Waals surface area contributed by atoms with Gasteiger partial charge >= 0.3 is 6.09 Å². The minimum Gasteiger partial charge on any atom is -0.495 e. The Kier molecular flexibility index (Phi) is 4.87. The largest absolute Gasteiger partial charge is 0.495 e. The molecule has 0 fully saturated rings. The minimum atomic E-state index is -0.561. The molecule has 0 saturated carbocycles. The maximum atomic E-state index is 11.6. The van der Waals surface area contributed by atoms with Crippen LogP contribution in [0.5, 0.6) is 5.75 Å². The van der Waals surface area contributed by atoms with Gasteiger partial charge in [-0.1, -0.05) is 11.6 Å². The smallest absolute Gasteiger partial charge is 0.412 e. The molecule has 1 N–H and O–H groups in total. The van der Waals surface area contributed by atoms with Gasteiger partial charge in [-0.3, -0.25) is 5.32 Å². The highest BCUT2D eigenvalue weighted by atomic mass is 79.9. The van der Waals surface area contributed by atoms with E-state index in [1.807, 2.05) is 0 Å². The fraction of sp³-hybridized carbons (Fsp3) is 0.417. The number of carbonyl (C=O) groups is 1. The SMILES string of the molecule is COc1cc(NC(=O)OC(C)(C)C)c(Cl)cc1Br. The van der Waals surface area contributed by atoms with Crippen LogP contribution >= 0.6 is 27.5 Å². The maximum absolute atomic E-state index is 11.6. The highest BCUT2D eigenvalue weighted by Gasteiger charge is 2.17. The molecule has 6 heteroatoms. The number of benzene rings is 1. The summed E-state index contributed by atoms with van der Waals surface area (Å²) in [7, 11) is 1.53. The molecule has 4 nitrogen and oxygen atoms in total.